The van der Waals surface area contributed by atoms with Crippen LogP contribution in [0.25, 0.3) is 0 Å². The van der Waals surface area contributed by atoms with E-state index in [1.807, 2.05) is 0 Å². The summed E-state index contributed by atoms with van der Waals surface area (Å²) >= 11 is 0. The van der Waals surface area contributed by atoms with Gasteiger partial charge in [-0.15, -0.1) is 0 Å². The quantitative estimate of drug-likeness (QED) is 0.158. The van der Waals surface area contributed by atoms with E-state index in [1.54, 1.807) is 35.2 Å². The summed E-state index contributed by atoms with van der Waals surface area (Å²) in [5.74, 6) is -0.947. The van der Waals surface area contributed by atoms with Crippen LogP contribution < -0.4 is 14.8 Å². The molecule has 0 fully saturated rings. The largest absolute Gasteiger partial charge is 0.493 e. The lowest BCUT2D eigenvalue weighted by Gasteiger charge is -2.41. The summed E-state index contributed by atoms with van der Waals surface area (Å²) in [7, 11) is 1.48. The minimum absolute atomic E-state index is 0.0231. The molecule has 9 nitrogen and oxygen atoms in total. The van der Waals surface area contributed by atoms with E-state index >= 15 is 0 Å². The number of aliphatic hydroxyl groups excluding tert-OH is 3. The van der Waals surface area contributed by atoms with Gasteiger partial charge >= 0.3 is 0 Å². The molecule has 0 spiro atoms. The number of amides is 2. The van der Waals surface area contributed by atoms with Gasteiger partial charge in [0, 0.05) is 30.6 Å². The number of nitrogens with zero attached hydrogens (tertiary/aromatic N) is 1. The zero-order valence-corrected chi connectivity index (χ0v) is 27.8. The average molecular weight is 655 g/mol. The van der Waals surface area contributed by atoms with Crippen molar-refractivity contribution < 1.29 is 38.8 Å². The van der Waals surface area contributed by atoms with Gasteiger partial charge in [0.25, 0.3) is 0 Å². The van der Waals surface area contributed by atoms with Gasteiger partial charge in [0.1, 0.15) is 18.0 Å². The molecule has 4 unspecified atom stereocenters. The highest BCUT2D eigenvalue weighted by molar-refractivity contribution is 5.96. The van der Waals surface area contributed by atoms with Gasteiger partial charge in [0.2, 0.25) is 11.8 Å². The highest BCUT2D eigenvalue weighted by atomic mass is 19.1. The third-order valence-corrected chi connectivity index (χ3v) is 9.20. The van der Waals surface area contributed by atoms with Gasteiger partial charge in [-0.2, -0.15) is 0 Å². The molecule has 0 saturated carbocycles. The number of aliphatic hydroxyl groups is 3. The molecule has 4 rings (SSSR count). The number of fused-ring (bicyclic) bond motifs is 3. The molecule has 2 amide bonds. The summed E-state index contributed by atoms with van der Waals surface area (Å²) in [6.07, 6.45) is 10.1. The predicted octanol–water partition coefficient (Wildman–Crippen LogP) is 4.94. The van der Waals surface area contributed by atoms with Gasteiger partial charge < -0.3 is 35.0 Å². The molecular formula is C37H51FN2O7. The van der Waals surface area contributed by atoms with E-state index in [1.165, 1.54) is 51.3 Å². The van der Waals surface area contributed by atoms with Crippen LogP contribution in [0.15, 0.2) is 48.0 Å². The third-order valence-electron chi connectivity index (χ3n) is 9.20. The lowest BCUT2D eigenvalue weighted by Crippen LogP contribution is -2.56. The SMILES string of the molecule is CCCCCCCCCCCC(=O)N(CCc1cccc(F)c1)C1C=C(C(=O)NCCO)C2c3cc(CO)cc(OC)c3OC2C1O. The number of hydrogen-bond donors (Lipinski definition) is 4. The van der Waals surface area contributed by atoms with E-state index in [-0.39, 0.29) is 44.4 Å². The number of benzene rings is 2. The molecule has 2 aromatic carbocycles. The van der Waals surface area contributed by atoms with Crippen molar-refractivity contribution in [3.63, 3.8) is 0 Å². The van der Waals surface area contributed by atoms with Gasteiger partial charge in [-0.05, 0) is 54.3 Å². The number of methoxy groups -OCH3 is 1. The summed E-state index contributed by atoms with van der Waals surface area (Å²) in [5, 5.41) is 33.9. The second kappa shape index (κ2) is 18.2. The Bertz CT molecular complexity index is 1370. The van der Waals surface area contributed by atoms with Crippen LogP contribution in [0, 0.1) is 5.82 Å². The Balaban J connectivity index is 1.60. The Morgan fingerprint density at radius 1 is 1.00 bits per heavy atom. The van der Waals surface area contributed by atoms with Crippen molar-refractivity contribution in [2.45, 2.75) is 108 Å². The first-order valence-electron chi connectivity index (χ1n) is 17.1. The van der Waals surface area contributed by atoms with Crippen molar-refractivity contribution in [1.29, 1.82) is 0 Å². The molecule has 258 valence electrons. The zero-order chi connectivity index (χ0) is 33.8. The van der Waals surface area contributed by atoms with Crippen LogP contribution in [0.5, 0.6) is 11.5 Å². The molecule has 1 aliphatic carbocycles. The lowest BCUT2D eigenvalue weighted by molar-refractivity contribution is -0.137. The topological polar surface area (TPSA) is 129 Å². The number of nitrogens with one attached hydrogen (secondary N) is 1. The van der Waals surface area contributed by atoms with Crippen LogP contribution in [0.3, 0.4) is 0 Å². The van der Waals surface area contributed by atoms with Crippen LogP contribution in [0.4, 0.5) is 4.39 Å². The summed E-state index contributed by atoms with van der Waals surface area (Å²) in [4.78, 5) is 29.1. The molecule has 4 N–H and O–H groups in total. The molecule has 1 heterocycles. The maximum atomic E-state index is 14.0. The second-order valence-electron chi connectivity index (χ2n) is 12.6. The van der Waals surface area contributed by atoms with Crippen LogP contribution in [-0.2, 0) is 22.6 Å². The Morgan fingerprint density at radius 2 is 1.72 bits per heavy atom. The number of carbonyl (C=O) groups is 2. The molecule has 0 radical (unpaired) electrons. The summed E-state index contributed by atoms with van der Waals surface area (Å²) in [6.45, 7) is 1.91. The van der Waals surface area contributed by atoms with E-state index < -0.39 is 30.1 Å². The van der Waals surface area contributed by atoms with E-state index in [0.717, 1.165) is 19.3 Å². The van der Waals surface area contributed by atoms with Gasteiger partial charge in [0.15, 0.2) is 11.5 Å². The number of ether oxygens (including phenoxy) is 2. The smallest absolute Gasteiger partial charge is 0.247 e. The minimum Gasteiger partial charge on any atom is -0.493 e. The number of unbranched alkanes of at least 4 members (excludes halogenated alkanes) is 8. The fraction of sp³-hybridized carbons (Fsp3) is 0.568. The monoisotopic (exact) mass is 654 g/mol. The zero-order valence-electron chi connectivity index (χ0n) is 27.8. The molecule has 2 aliphatic rings. The van der Waals surface area contributed by atoms with Crippen molar-refractivity contribution in [2.24, 2.45) is 0 Å². The van der Waals surface area contributed by atoms with Gasteiger partial charge in [-0.25, -0.2) is 4.39 Å². The minimum atomic E-state index is -1.20. The van der Waals surface area contributed by atoms with Crippen LogP contribution in [0.1, 0.15) is 93.7 Å². The second-order valence-corrected chi connectivity index (χ2v) is 12.6. The van der Waals surface area contributed by atoms with Gasteiger partial charge in [-0.3, -0.25) is 9.59 Å². The molecule has 0 aromatic heterocycles. The number of rotatable bonds is 19. The van der Waals surface area contributed by atoms with E-state index in [4.69, 9.17) is 9.47 Å². The van der Waals surface area contributed by atoms with Crippen molar-refractivity contribution in [2.75, 3.05) is 26.8 Å². The van der Waals surface area contributed by atoms with Crippen molar-refractivity contribution in [3.05, 3.63) is 70.6 Å². The average Bonchev–Trinajstić information content (AvgIpc) is 3.47. The summed E-state index contributed by atoms with van der Waals surface area (Å²) in [6, 6.07) is 8.71. The number of carbonyl (C=O) groups excluding carboxylic acids is 2. The molecule has 10 heteroatoms. The fourth-order valence-corrected chi connectivity index (χ4v) is 6.73. The Labute approximate surface area is 277 Å². The molecule has 1 aliphatic heterocycles. The van der Waals surface area contributed by atoms with Crippen LogP contribution >= 0.6 is 0 Å². The third kappa shape index (κ3) is 9.33. The van der Waals surface area contributed by atoms with E-state index in [9.17, 15) is 29.3 Å². The fourth-order valence-electron chi connectivity index (χ4n) is 6.73. The van der Waals surface area contributed by atoms with Crippen molar-refractivity contribution in [1.82, 2.24) is 10.2 Å². The molecule has 0 bridgehead atoms. The first-order valence-corrected chi connectivity index (χ1v) is 17.1. The molecular weight excluding hydrogens is 603 g/mol. The summed E-state index contributed by atoms with van der Waals surface area (Å²) in [5.41, 5.74) is 2.16. The number of hydrogen-bond acceptors (Lipinski definition) is 7. The van der Waals surface area contributed by atoms with Gasteiger partial charge in [-0.1, -0.05) is 70.4 Å². The van der Waals surface area contributed by atoms with Crippen LogP contribution in [0.2, 0.25) is 0 Å². The highest BCUT2D eigenvalue weighted by Gasteiger charge is 2.51. The molecule has 47 heavy (non-hydrogen) atoms. The molecule has 2 aromatic rings. The highest BCUT2D eigenvalue weighted by Crippen LogP contribution is 2.51. The number of halogens is 1. The summed E-state index contributed by atoms with van der Waals surface area (Å²) < 4.78 is 25.9. The maximum Gasteiger partial charge on any atom is 0.247 e. The normalized spacial score (nSPS) is 19.7. The Hall–Kier alpha value is -3.47. The van der Waals surface area contributed by atoms with Crippen molar-refractivity contribution in [3.8, 4) is 11.5 Å². The van der Waals surface area contributed by atoms with Gasteiger partial charge in [0.05, 0.1) is 32.3 Å². The van der Waals surface area contributed by atoms with E-state index in [2.05, 4.69) is 12.2 Å². The lowest BCUT2D eigenvalue weighted by atomic mass is 9.77. The molecule has 4 atom stereocenters. The first kappa shape index (κ1) is 36.4. The Morgan fingerprint density at radius 3 is 2.38 bits per heavy atom. The maximum absolute atomic E-state index is 14.0. The Kier molecular flexibility index (Phi) is 14.1. The van der Waals surface area contributed by atoms with Crippen LogP contribution in [-0.4, -0.2) is 77.1 Å². The predicted molar refractivity (Wildman–Crippen MR) is 178 cm³/mol. The first-order chi connectivity index (χ1) is 22.8. The standard InChI is InChI=1S/C37H51FN2O7/c1-3-4-5-6-7-8-9-10-11-15-32(43)40(18-16-25-13-12-14-27(38)20-25)30-23-29(37(45)39-17-19-41)33-28-21-26(24-42)22-31(46-2)35(28)47-36(33)34(30)44/h12-14,20-23,30,33-34,36,41-42,44H,3-11,15-19,24H2,1-2H3,(H,39,45). The van der Waals surface area contributed by atoms with Crippen molar-refractivity contribution >= 4 is 11.8 Å². The van der Waals surface area contributed by atoms with E-state index in [0.29, 0.717) is 46.6 Å². The molecule has 0 saturated heterocycles.